The average molecular weight is 342 g/mol. The molecular weight excluding hydrogens is 316 g/mol. The minimum atomic E-state index is 0.547. The van der Waals surface area contributed by atoms with Gasteiger partial charge in [-0.1, -0.05) is 0 Å². The summed E-state index contributed by atoms with van der Waals surface area (Å²) in [6.45, 7) is 8.90. The molecule has 6 heteroatoms. The van der Waals surface area contributed by atoms with E-state index in [-0.39, 0.29) is 0 Å². The normalized spacial score (nSPS) is 10.0. The van der Waals surface area contributed by atoms with Gasteiger partial charge in [0.1, 0.15) is 11.5 Å². The highest BCUT2D eigenvalue weighted by molar-refractivity contribution is 5.79. The third-order valence-corrected chi connectivity index (χ3v) is 3.26. The van der Waals surface area contributed by atoms with Crippen molar-refractivity contribution in [2.75, 3.05) is 19.7 Å². The first-order chi connectivity index (χ1) is 12.2. The van der Waals surface area contributed by atoms with Gasteiger partial charge in [0.05, 0.1) is 13.2 Å². The minimum absolute atomic E-state index is 0.547. The lowest BCUT2D eigenvalue weighted by atomic mass is 10.2. The Hall–Kier alpha value is -2.76. The lowest BCUT2D eigenvalue weighted by Gasteiger charge is -2.10. The Morgan fingerprint density at radius 2 is 1.68 bits per heavy atom. The molecule has 0 radical (unpaired) electrons. The number of aromatic nitrogens is 1. The van der Waals surface area contributed by atoms with Crippen molar-refractivity contribution in [2.24, 2.45) is 4.99 Å². The standard InChI is InChI=1S/C19H26N4O2/c1-4-20-19(21-5-2)23-14-15-11-12-22-18(13-15)25-17-9-7-16(8-10-17)24-6-3/h7-13H,4-6,14H2,1-3H3,(H2,20,21,23). The molecule has 6 nitrogen and oxygen atoms in total. The Morgan fingerprint density at radius 1 is 1.00 bits per heavy atom. The summed E-state index contributed by atoms with van der Waals surface area (Å²) >= 11 is 0. The molecule has 2 N–H and O–H groups in total. The van der Waals surface area contributed by atoms with Crippen LogP contribution in [-0.4, -0.2) is 30.6 Å². The Kier molecular flexibility index (Phi) is 7.56. The number of hydrogen-bond acceptors (Lipinski definition) is 4. The van der Waals surface area contributed by atoms with E-state index < -0.39 is 0 Å². The van der Waals surface area contributed by atoms with Crippen LogP contribution in [0.25, 0.3) is 0 Å². The number of benzene rings is 1. The molecule has 0 atom stereocenters. The maximum atomic E-state index is 5.81. The first-order valence-electron chi connectivity index (χ1n) is 8.63. The molecule has 0 fully saturated rings. The highest BCUT2D eigenvalue weighted by atomic mass is 16.5. The van der Waals surface area contributed by atoms with Crippen LogP contribution in [0.4, 0.5) is 0 Å². The molecule has 1 aromatic carbocycles. The molecule has 0 saturated carbocycles. The molecule has 0 aliphatic heterocycles. The largest absolute Gasteiger partial charge is 0.494 e. The van der Waals surface area contributed by atoms with Gasteiger partial charge in [-0.25, -0.2) is 9.98 Å². The summed E-state index contributed by atoms with van der Waals surface area (Å²) in [7, 11) is 0. The lowest BCUT2D eigenvalue weighted by molar-refractivity contribution is 0.339. The number of nitrogens with zero attached hydrogens (tertiary/aromatic N) is 2. The van der Waals surface area contributed by atoms with Gasteiger partial charge in [0, 0.05) is 25.4 Å². The van der Waals surface area contributed by atoms with Gasteiger partial charge in [0.15, 0.2) is 5.96 Å². The van der Waals surface area contributed by atoms with Crippen LogP contribution in [0.1, 0.15) is 26.3 Å². The van der Waals surface area contributed by atoms with Gasteiger partial charge in [-0.05, 0) is 56.7 Å². The number of aliphatic imine (C=N–C) groups is 1. The number of rotatable bonds is 8. The fourth-order valence-electron chi connectivity index (χ4n) is 2.18. The molecule has 0 spiro atoms. The molecule has 1 heterocycles. The Morgan fingerprint density at radius 3 is 2.32 bits per heavy atom. The number of ether oxygens (including phenoxy) is 2. The third kappa shape index (κ3) is 6.33. The van der Waals surface area contributed by atoms with Crippen molar-refractivity contribution >= 4 is 5.96 Å². The SMILES string of the molecule is CCNC(=NCc1ccnc(Oc2ccc(OCC)cc2)c1)NCC. The number of pyridine rings is 1. The van der Waals surface area contributed by atoms with Crippen molar-refractivity contribution in [1.29, 1.82) is 0 Å². The Bertz CT molecular complexity index is 663. The Balaban J connectivity index is 2.01. The second-order valence-electron chi connectivity index (χ2n) is 5.23. The number of hydrogen-bond donors (Lipinski definition) is 2. The van der Waals surface area contributed by atoms with Gasteiger partial charge in [0.2, 0.25) is 5.88 Å². The van der Waals surface area contributed by atoms with Crippen molar-refractivity contribution < 1.29 is 9.47 Å². The van der Waals surface area contributed by atoms with Gasteiger partial charge in [0.25, 0.3) is 0 Å². The van der Waals surface area contributed by atoms with Crippen LogP contribution in [-0.2, 0) is 6.54 Å². The van der Waals surface area contributed by atoms with Gasteiger partial charge in [-0.2, -0.15) is 0 Å². The highest BCUT2D eigenvalue weighted by Gasteiger charge is 2.02. The summed E-state index contributed by atoms with van der Waals surface area (Å²) in [6, 6.07) is 11.3. The summed E-state index contributed by atoms with van der Waals surface area (Å²) in [5.41, 5.74) is 1.03. The fourth-order valence-corrected chi connectivity index (χ4v) is 2.18. The zero-order chi connectivity index (χ0) is 17.9. The molecule has 0 saturated heterocycles. The first-order valence-corrected chi connectivity index (χ1v) is 8.63. The molecule has 25 heavy (non-hydrogen) atoms. The molecular formula is C19H26N4O2. The zero-order valence-electron chi connectivity index (χ0n) is 15.1. The second-order valence-corrected chi connectivity index (χ2v) is 5.23. The van der Waals surface area contributed by atoms with E-state index in [0.29, 0.717) is 19.0 Å². The van der Waals surface area contributed by atoms with Gasteiger partial charge < -0.3 is 20.1 Å². The summed E-state index contributed by atoms with van der Waals surface area (Å²) < 4.78 is 11.2. The van der Waals surface area contributed by atoms with Crippen LogP contribution in [0.15, 0.2) is 47.6 Å². The van der Waals surface area contributed by atoms with Crippen LogP contribution in [0, 0.1) is 0 Å². The van der Waals surface area contributed by atoms with Crippen molar-refractivity contribution in [3.05, 3.63) is 48.2 Å². The van der Waals surface area contributed by atoms with E-state index in [1.807, 2.05) is 57.2 Å². The van der Waals surface area contributed by atoms with Gasteiger partial charge >= 0.3 is 0 Å². The van der Waals surface area contributed by atoms with Crippen LogP contribution in [0.2, 0.25) is 0 Å². The molecule has 0 amide bonds. The summed E-state index contributed by atoms with van der Waals surface area (Å²) in [5, 5.41) is 6.41. The highest BCUT2D eigenvalue weighted by Crippen LogP contribution is 2.23. The predicted molar refractivity (Wildman–Crippen MR) is 100 cm³/mol. The van der Waals surface area contributed by atoms with E-state index in [0.717, 1.165) is 36.1 Å². The monoisotopic (exact) mass is 342 g/mol. The third-order valence-electron chi connectivity index (χ3n) is 3.26. The van der Waals surface area contributed by atoms with Crippen molar-refractivity contribution in [3.8, 4) is 17.4 Å². The maximum Gasteiger partial charge on any atom is 0.219 e. The van der Waals surface area contributed by atoms with E-state index >= 15 is 0 Å². The summed E-state index contributed by atoms with van der Waals surface area (Å²) in [5.74, 6) is 2.89. The molecule has 0 aliphatic carbocycles. The smallest absolute Gasteiger partial charge is 0.219 e. The van der Waals surface area contributed by atoms with Crippen molar-refractivity contribution in [3.63, 3.8) is 0 Å². The van der Waals surface area contributed by atoms with Crippen molar-refractivity contribution in [1.82, 2.24) is 15.6 Å². The van der Waals surface area contributed by atoms with E-state index in [9.17, 15) is 0 Å². The number of nitrogens with one attached hydrogen (secondary N) is 2. The minimum Gasteiger partial charge on any atom is -0.494 e. The molecule has 134 valence electrons. The topological polar surface area (TPSA) is 67.8 Å². The zero-order valence-corrected chi connectivity index (χ0v) is 15.1. The lowest BCUT2D eigenvalue weighted by Crippen LogP contribution is -2.36. The van der Waals surface area contributed by atoms with Crippen molar-refractivity contribution in [2.45, 2.75) is 27.3 Å². The van der Waals surface area contributed by atoms with Crippen LogP contribution in [0.3, 0.4) is 0 Å². The molecule has 2 aromatic rings. The summed E-state index contributed by atoms with van der Waals surface area (Å²) in [6.07, 6.45) is 1.73. The van der Waals surface area contributed by atoms with Gasteiger partial charge in [-0.15, -0.1) is 0 Å². The maximum absolute atomic E-state index is 5.81. The van der Waals surface area contributed by atoms with E-state index in [4.69, 9.17) is 9.47 Å². The fraction of sp³-hybridized carbons (Fsp3) is 0.368. The quantitative estimate of drug-likeness (QED) is 0.569. The van der Waals surface area contributed by atoms with Crippen LogP contribution in [0.5, 0.6) is 17.4 Å². The number of guanidine groups is 1. The summed E-state index contributed by atoms with van der Waals surface area (Å²) in [4.78, 5) is 8.81. The molecule has 2 rings (SSSR count). The van der Waals surface area contributed by atoms with E-state index in [1.54, 1.807) is 6.20 Å². The molecule has 1 aromatic heterocycles. The van der Waals surface area contributed by atoms with Crippen LogP contribution < -0.4 is 20.1 Å². The average Bonchev–Trinajstić information content (AvgIpc) is 2.62. The van der Waals surface area contributed by atoms with E-state index in [1.165, 1.54) is 0 Å². The molecule has 0 aliphatic rings. The van der Waals surface area contributed by atoms with E-state index in [2.05, 4.69) is 20.6 Å². The predicted octanol–water partition coefficient (Wildman–Crippen LogP) is 3.35. The molecule has 0 bridgehead atoms. The Labute approximate surface area is 149 Å². The molecule has 0 unspecified atom stereocenters. The second kappa shape index (κ2) is 10.2. The van der Waals surface area contributed by atoms with Gasteiger partial charge in [-0.3, -0.25) is 0 Å². The first kappa shape index (κ1) is 18.6. The van der Waals surface area contributed by atoms with Crippen LogP contribution >= 0.6 is 0 Å².